The smallest absolute Gasteiger partial charge is 0.233 e. The maximum atomic E-state index is 9.59. The number of ether oxygens (including phenoxy) is 1. The van der Waals surface area contributed by atoms with Gasteiger partial charge >= 0.3 is 0 Å². The van der Waals surface area contributed by atoms with Gasteiger partial charge in [-0.05, 0) is 6.07 Å². The number of para-hydroxylation sites is 1. The highest BCUT2D eigenvalue weighted by Gasteiger charge is 2.01. The molecule has 1 aromatic heterocycles. The Morgan fingerprint density at radius 2 is 2.12 bits per heavy atom. The van der Waals surface area contributed by atoms with E-state index in [1.54, 1.807) is 18.3 Å². The summed E-state index contributed by atoms with van der Waals surface area (Å²) in [6, 6.07) is 7.14. The van der Waals surface area contributed by atoms with E-state index >= 15 is 0 Å². The molecule has 0 bridgehead atoms. The van der Waals surface area contributed by atoms with Crippen LogP contribution in [0.3, 0.4) is 0 Å². The molecule has 5 heteroatoms. The van der Waals surface area contributed by atoms with Gasteiger partial charge in [-0.1, -0.05) is 18.2 Å². The fourth-order valence-electron chi connectivity index (χ4n) is 1.38. The van der Waals surface area contributed by atoms with Gasteiger partial charge in [0.1, 0.15) is 11.6 Å². The number of hydrogen-bond donors (Lipinski definition) is 2. The normalized spacial score (nSPS) is 9.94. The number of rotatable bonds is 4. The largest absolute Gasteiger partial charge is 0.508 e. The molecule has 0 aliphatic heterocycles. The number of hydrogen-bond acceptors (Lipinski definition) is 5. The van der Waals surface area contributed by atoms with Gasteiger partial charge in [0.05, 0.1) is 19.5 Å². The van der Waals surface area contributed by atoms with Crippen molar-refractivity contribution in [3.8, 4) is 11.6 Å². The number of phenolic OH excluding ortho intramolecular Hbond substituents is 1. The number of anilines is 1. The Balaban J connectivity index is 2.05. The average molecular weight is 231 g/mol. The van der Waals surface area contributed by atoms with Gasteiger partial charge in [-0.15, -0.1) is 0 Å². The first-order chi connectivity index (χ1) is 8.29. The molecule has 1 aromatic carbocycles. The number of phenols is 1. The molecule has 0 saturated carbocycles. The lowest BCUT2D eigenvalue weighted by Crippen LogP contribution is -2.02. The molecule has 0 atom stereocenters. The minimum absolute atomic E-state index is 0.260. The van der Waals surface area contributed by atoms with Crippen molar-refractivity contribution in [2.24, 2.45) is 0 Å². The van der Waals surface area contributed by atoms with Crippen molar-refractivity contribution in [2.45, 2.75) is 6.54 Å². The summed E-state index contributed by atoms with van der Waals surface area (Å²) >= 11 is 0. The number of nitrogens with one attached hydrogen (secondary N) is 1. The molecule has 0 radical (unpaired) electrons. The molecular formula is C12H13N3O2. The molecule has 0 spiro atoms. The second kappa shape index (κ2) is 5.16. The molecule has 2 aromatic rings. The van der Waals surface area contributed by atoms with E-state index < -0.39 is 0 Å². The number of aromatic hydroxyl groups is 1. The van der Waals surface area contributed by atoms with Crippen LogP contribution in [-0.4, -0.2) is 22.2 Å². The highest BCUT2D eigenvalue weighted by molar-refractivity contribution is 5.38. The summed E-state index contributed by atoms with van der Waals surface area (Å²) in [5.41, 5.74) is 0.803. The van der Waals surface area contributed by atoms with Gasteiger partial charge in [0, 0.05) is 12.1 Å². The molecule has 5 nitrogen and oxygen atoms in total. The first-order valence-corrected chi connectivity index (χ1v) is 5.16. The zero-order valence-electron chi connectivity index (χ0n) is 9.42. The summed E-state index contributed by atoms with van der Waals surface area (Å²) < 4.78 is 4.97. The molecule has 0 fully saturated rings. The highest BCUT2D eigenvalue weighted by atomic mass is 16.5. The molecule has 2 rings (SSSR count). The van der Waals surface area contributed by atoms with Crippen molar-refractivity contribution in [3.63, 3.8) is 0 Å². The van der Waals surface area contributed by atoms with Gasteiger partial charge in [-0.3, -0.25) is 4.98 Å². The zero-order valence-corrected chi connectivity index (χ0v) is 9.42. The predicted molar refractivity (Wildman–Crippen MR) is 64.0 cm³/mol. The summed E-state index contributed by atoms with van der Waals surface area (Å²) in [5.74, 6) is 1.32. The van der Waals surface area contributed by atoms with E-state index in [4.69, 9.17) is 4.74 Å². The monoisotopic (exact) mass is 231 g/mol. The third-order valence-electron chi connectivity index (χ3n) is 2.27. The summed E-state index contributed by atoms with van der Waals surface area (Å²) in [5, 5.41) is 12.7. The van der Waals surface area contributed by atoms with E-state index in [1.807, 2.05) is 12.1 Å². The van der Waals surface area contributed by atoms with E-state index in [1.165, 1.54) is 13.3 Å². The molecule has 0 unspecified atom stereocenters. The molecule has 0 aliphatic rings. The van der Waals surface area contributed by atoms with Crippen molar-refractivity contribution in [3.05, 3.63) is 42.2 Å². The van der Waals surface area contributed by atoms with Crippen LogP contribution >= 0.6 is 0 Å². The van der Waals surface area contributed by atoms with Crippen LogP contribution in [0, 0.1) is 0 Å². The van der Waals surface area contributed by atoms with E-state index in [0.29, 0.717) is 18.2 Å². The summed E-state index contributed by atoms with van der Waals surface area (Å²) in [4.78, 5) is 8.14. The average Bonchev–Trinajstić information content (AvgIpc) is 2.38. The topological polar surface area (TPSA) is 67.3 Å². The lowest BCUT2D eigenvalue weighted by atomic mass is 10.2. The van der Waals surface area contributed by atoms with E-state index in [0.717, 1.165) is 5.56 Å². The van der Waals surface area contributed by atoms with Crippen molar-refractivity contribution in [1.29, 1.82) is 0 Å². The Bertz CT molecular complexity index is 503. The van der Waals surface area contributed by atoms with Gasteiger partial charge in [-0.2, -0.15) is 4.98 Å². The quantitative estimate of drug-likeness (QED) is 0.839. The van der Waals surface area contributed by atoms with Gasteiger partial charge < -0.3 is 15.2 Å². The van der Waals surface area contributed by atoms with Crippen LogP contribution in [0.25, 0.3) is 0 Å². The Labute approximate surface area is 99.1 Å². The molecular weight excluding hydrogens is 218 g/mol. The molecule has 0 aliphatic carbocycles. The van der Waals surface area contributed by atoms with Crippen LogP contribution in [-0.2, 0) is 6.54 Å². The first-order valence-electron chi connectivity index (χ1n) is 5.16. The molecule has 0 amide bonds. The van der Waals surface area contributed by atoms with Gasteiger partial charge in [0.2, 0.25) is 5.88 Å². The van der Waals surface area contributed by atoms with Crippen LogP contribution in [0.1, 0.15) is 5.56 Å². The summed E-state index contributed by atoms with van der Waals surface area (Å²) in [6.07, 6.45) is 3.13. The van der Waals surface area contributed by atoms with Gasteiger partial charge in [-0.25, -0.2) is 0 Å². The van der Waals surface area contributed by atoms with Crippen molar-refractivity contribution >= 4 is 5.82 Å². The fourth-order valence-corrected chi connectivity index (χ4v) is 1.38. The lowest BCUT2D eigenvalue weighted by molar-refractivity contribution is 0.396. The Morgan fingerprint density at radius 1 is 1.29 bits per heavy atom. The van der Waals surface area contributed by atoms with Crippen molar-refractivity contribution < 1.29 is 9.84 Å². The second-order valence-corrected chi connectivity index (χ2v) is 3.43. The molecule has 1 heterocycles. The van der Waals surface area contributed by atoms with Crippen LogP contribution < -0.4 is 10.1 Å². The van der Waals surface area contributed by atoms with E-state index in [2.05, 4.69) is 15.3 Å². The van der Waals surface area contributed by atoms with Crippen LogP contribution in [0.15, 0.2) is 36.7 Å². The standard InChI is InChI=1S/C12H13N3O2/c1-17-12-8-13-7-11(15-12)14-6-9-4-2-3-5-10(9)16/h2-5,7-8,16H,6H2,1H3,(H,14,15). The molecule has 2 N–H and O–H groups in total. The van der Waals surface area contributed by atoms with Crippen LogP contribution in [0.4, 0.5) is 5.82 Å². The lowest BCUT2D eigenvalue weighted by Gasteiger charge is -2.07. The molecule has 88 valence electrons. The number of nitrogens with zero attached hydrogens (tertiary/aromatic N) is 2. The molecule has 17 heavy (non-hydrogen) atoms. The maximum Gasteiger partial charge on any atom is 0.233 e. The third kappa shape index (κ3) is 2.84. The van der Waals surface area contributed by atoms with Gasteiger partial charge in [0.15, 0.2) is 0 Å². The number of benzene rings is 1. The van der Waals surface area contributed by atoms with E-state index in [9.17, 15) is 5.11 Å². The van der Waals surface area contributed by atoms with Crippen LogP contribution in [0.2, 0.25) is 0 Å². The summed E-state index contributed by atoms with van der Waals surface area (Å²) in [7, 11) is 1.54. The summed E-state index contributed by atoms with van der Waals surface area (Å²) in [6.45, 7) is 0.481. The maximum absolute atomic E-state index is 9.59. The minimum Gasteiger partial charge on any atom is -0.508 e. The fraction of sp³-hybridized carbons (Fsp3) is 0.167. The second-order valence-electron chi connectivity index (χ2n) is 3.43. The predicted octanol–water partition coefficient (Wildman–Crippen LogP) is 1.80. The zero-order chi connectivity index (χ0) is 12.1. The van der Waals surface area contributed by atoms with Crippen molar-refractivity contribution in [1.82, 2.24) is 9.97 Å². The number of methoxy groups -OCH3 is 1. The third-order valence-corrected chi connectivity index (χ3v) is 2.27. The molecule has 0 saturated heterocycles. The van der Waals surface area contributed by atoms with E-state index in [-0.39, 0.29) is 5.75 Å². The van der Waals surface area contributed by atoms with Gasteiger partial charge in [0.25, 0.3) is 0 Å². The SMILES string of the molecule is COc1cncc(NCc2ccccc2O)n1. The highest BCUT2D eigenvalue weighted by Crippen LogP contribution is 2.17. The van der Waals surface area contributed by atoms with Crippen LogP contribution in [0.5, 0.6) is 11.6 Å². The minimum atomic E-state index is 0.260. The Hall–Kier alpha value is -2.30. The van der Waals surface area contributed by atoms with Crippen molar-refractivity contribution in [2.75, 3.05) is 12.4 Å². The first kappa shape index (κ1) is 11.2. The number of aromatic nitrogens is 2. The Kier molecular flexibility index (Phi) is 3.40. The Morgan fingerprint density at radius 3 is 2.88 bits per heavy atom.